The third kappa shape index (κ3) is 1.52. The van der Waals surface area contributed by atoms with Crippen LogP contribution in [0.15, 0.2) is 0 Å². The molecule has 0 aliphatic heterocycles. The number of aryl methyl sites for hydroxylation is 3. The molecule has 0 radical (unpaired) electrons. The Morgan fingerprint density at radius 3 is 2.56 bits per heavy atom. The molecule has 0 spiro atoms. The van der Waals surface area contributed by atoms with Crippen LogP contribution in [0.1, 0.15) is 37.7 Å². The number of imidazole rings is 1. The lowest BCUT2D eigenvalue weighted by Crippen LogP contribution is -2.06. The molecule has 5 heteroatoms. The normalized spacial score (nSPS) is 13.6. The number of aromatic nitrogens is 4. The molecule has 0 aliphatic rings. The van der Waals surface area contributed by atoms with Gasteiger partial charge in [-0.25, -0.2) is 4.98 Å². The molecule has 2 rings (SSSR count). The summed E-state index contributed by atoms with van der Waals surface area (Å²) < 4.78 is 4.03. The summed E-state index contributed by atoms with van der Waals surface area (Å²) in [5.74, 6) is 0.932. The Bertz CT molecular complexity index is 509. The fourth-order valence-corrected chi connectivity index (χ4v) is 2.28. The number of alkyl halides is 1. The maximum atomic E-state index is 6.15. The number of fused-ring (bicyclic) bond motifs is 1. The van der Waals surface area contributed by atoms with Gasteiger partial charge >= 0.3 is 0 Å². The predicted octanol–water partition coefficient (Wildman–Crippen LogP) is 2.65. The highest BCUT2D eigenvalue weighted by Crippen LogP contribution is 2.26. The Balaban J connectivity index is 2.77. The molecule has 2 aromatic heterocycles. The summed E-state index contributed by atoms with van der Waals surface area (Å²) in [5, 5.41) is 4.40. The van der Waals surface area contributed by atoms with E-state index in [9.17, 15) is 0 Å². The van der Waals surface area contributed by atoms with E-state index in [4.69, 9.17) is 11.6 Å². The van der Waals surface area contributed by atoms with E-state index < -0.39 is 0 Å². The van der Waals surface area contributed by atoms with Crippen molar-refractivity contribution in [2.75, 3.05) is 0 Å². The van der Waals surface area contributed by atoms with E-state index in [0.29, 0.717) is 0 Å². The van der Waals surface area contributed by atoms with Gasteiger partial charge in [0.1, 0.15) is 11.3 Å². The lowest BCUT2D eigenvalue weighted by atomic mass is 10.3. The average molecular weight is 241 g/mol. The van der Waals surface area contributed by atoms with Crippen molar-refractivity contribution >= 4 is 22.8 Å². The second kappa shape index (κ2) is 4.09. The molecule has 1 unspecified atom stereocenters. The monoisotopic (exact) mass is 240 g/mol. The smallest absolute Gasteiger partial charge is 0.158 e. The summed E-state index contributed by atoms with van der Waals surface area (Å²) in [4.78, 5) is 4.62. The maximum absolute atomic E-state index is 6.15. The van der Waals surface area contributed by atoms with Crippen LogP contribution in [0.3, 0.4) is 0 Å². The van der Waals surface area contributed by atoms with E-state index >= 15 is 0 Å². The van der Waals surface area contributed by atoms with Crippen molar-refractivity contribution in [3.05, 3.63) is 11.5 Å². The van der Waals surface area contributed by atoms with Crippen LogP contribution in [0.2, 0.25) is 0 Å². The van der Waals surface area contributed by atoms with Gasteiger partial charge in [0.15, 0.2) is 5.65 Å². The van der Waals surface area contributed by atoms with Gasteiger partial charge in [-0.1, -0.05) is 6.92 Å². The van der Waals surface area contributed by atoms with Gasteiger partial charge in [-0.3, -0.25) is 4.68 Å². The number of hydrogen-bond donors (Lipinski definition) is 0. The van der Waals surface area contributed by atoms with Gasteiger partial charge in [-0.05, 0) is 20.3 Å². The first-order valence-corrected chi connectivity index (χ1v) is 6.09. The van der Waals surface area contributed by atoms with Gasteiger partial charge in [0.25, 0.3) is 0 Å². The maximum Gasteiger partial charge on any atom is 0.158 e. The van der Waals surface area contributed by atoms with E-state index in [1.165, 1.54) is 0 Å². The molecule has 0 N–H and O–H groups in total. The quantitative estimate of drug-likeness (QED) is 0.774. The Morgan fingerprint density at radius 2 is 2.06 bits per heavy atom. The fourth-order valence-electron chi connectivity index (χ4n) is 2.11. The molecule has 16 heavy (non-hydrogen) atoms. The van der Waals surface area contributed by atoms with Crippen LogP contribution in [0.25, 0.3) is 11.2 Å². The van der Waals surface area contributed by atoms with Crippen LogP contribution in [0.5, 0.6) is 0 Å². The molecule has 0 fully saturated rings. The molecule has 0 amide bonds. The van der Waals surface area contributed by atoms with Gasteiger partial charge < -0.3 is 4.57 Å². The number of halogens is 1. The zero-order chi connectivity index (χ0) is 11.9. The molecule has 88 valence electrons. The SMILES string of the molecule is CCc1nn(C)c2c1nc(C(C)Cl)n2CC. The fraction of sp³-hybridized carbons (Fsp3) is 0.636. The Labute approximate surface area is 100 Å². The van der Waals surface area contributed by atoms with E-state index in [1.807, 2.05) is 18.7 Å². The van der Waals surface area contributed by atoms with E-state index in [-0.39, 0.29) is 5.38 Å². The number of rotatable bonds is 3. The van der Waals surface area contributed by atoms with Crippen LogP contribution < -0.4 is 0 Å². The first-order valence-electron chi connectivity index (χ1n) is 5.66. The molecule has 2 aromatic rings. The Kier molecular flexibility index (Phi) is 2.93. The van der Waals surface area contributed by atoms with Crippen LogP contribution in [-0.4, -0.2) is 19.3 Å². The predicted molar refractivity (Wildman–Crippen MR) is 65.8 cm³/mol. The second-order valence-corrected chi connectivity index (χ2v) is 4.58. The zero-order valence-corrected chi connectivity index (χ0v) is 10.9. The largest absolute Gasteiger partial charge is 0.312 e. The van der Waals surface area contributed by atoms with Crippen molar-refractivity contribution in [3.8, 4) is 0 Å². The minimum atomic E-state index is -0.0722. The third-order valence-corrected chi connectivity index (χ3v) is 3.02. The molecule has 0 saturated carbocycles. The summed E-state index contributed by atoms with van der Waals surface area (Å²) >= 11 is 6.15. The molecule has 0 aromatic carbocycles. The van der Waals surface area contributed by atoms with Crippen molar-refractivity contribution in [1.29, 1.82) is 0 Å². The van der Waals surface area contributed by atoms with Gasteiger partial charge in [0.2, 0.25) is 0 Å². The lowest BCUT2D eigenvalue weighted by Gasteiger charge is -2.07. The standard InChI is InChI=1S/C11H17ClN4/c1-5-8-9-11(15(4)14-8)16(6-2)10(13-9)7(3)12/h7H,5-6H2,1-4H3. The van der Waals surface area contributed by atoms with Gasteiger partial charge in [0.05, 0.1) is 11.1 Å². The molecule has 0 aliphatic carbocycles. The first-order chi connectivity index (χ1) is 7.60. The molecule has 0 bridgehead atoms. The van der Waals surface area contributed by atoms with Gasteiger partial charge in [-0.15, -0.1) is 11.6 Å². The number of hydrogen-bond acceptors (Lipinski definition) is 2. The van der Waals surface area contributed by atoms with E-state index in [1.54, 1.807) is 0 Å². The van der Waals surface area contributed by atoms with Crippen molar-refractivity contribution in [2.24, 2.45) is 7.05 Å². The highest BCUT2D eigenvalue weighted by atomic mass is 35.5. The summed E-state index contributed by atoms with van der Waals surface area (Å²) in [6.07, 6.45) is 0.897. The molecule has 1 atom stereocenters. The molecular weight excluding hydrogens is 224 g/mol. The van der Waals surface area contributed by atoms with Crippen LogP contribution >= 0.6 is 11.6 Å². The summed E-state index contributed by atoms with van der Waals surface area (Å²) in [7, 11) is 1.96. The minimum Gasteiger partial charge on any atom is -0.312 e. The summed E-state index contributed by atoms with van der Waals surface area (Å²) in [5.41, 5.74) is 3.11. The zero-order valence-electron chi connectivity index (χ0n) is 10.2. The van der Waals surface area contributed by atoms with Crippen LogP contribution in [0, 0.1) is 0 Å². The minimum absolute atomic E-state index is 0.0722. The molecule has 4 nitrogen and oxygen atoms in total. The highest BCUT2D eigenvalue weighted by Gasteiger charge is 2.19. The summed E-state index contributed by atoms with van der Waals surface area (Å²) in [6.45, 7) is 7.01. The van der Waals surface area contributed by atoms with Crippen LogP contribution in [-0.2, 0) is 20.0 Å². The second-order valence-electron chi connectivity index (χ2n) is 3.93. The molecule has 0 saturated heterocycles. The molecular formula is C11H17ClN4. The van der Waals surface area contributed by atoms with Crippen LogP contribution in [0.4, 0.5) is 0 Å². The average Bonchev–Trinajstić information content (AvgIpc) is 2.76. The van der Waals surface area contributed by atoms with Crippen molar-refractivity contribution < 1.29 is 0 Å². The van der Waals surface area contributed by atoms with Crippen molar-refractivity contribution in [1.82, 2.24) is 19.3 Å². The van der Waals surface area contributed by atoms with Crippen molar-refractivity contribution in [2.45, 2.75) is 39.1 Å². The lowest BCUT2D eigenvalue weighted by molar-refractivity contribution is 0.667. The first kappa shape index (κ1) is 11.5. The van der Waals surface area contributed by atoms with Gasteiger partial charge in [-0.2, -0.15) is 5.10 Å². The van der Waals surface area contributed by atoms with E-state index in [2.05, 4.69) is 28.5 Å². The number of nitrogens with zero attached hydrogens (tertiary/aromatic N) is 4. The van der Waals surface area contributed by atoms with Crippen molar-refractivity contribution in [3.63, 3.8) is 0 Å². The highest BCUT2D eigenvalue weighted by molar-refractivity contribution is 6.20. The third-order valence-electron chi connectivity index (χ3n) is 2.83. The molecule has 2 heterocycles. The Morgan fingerprint density at radius 1 is 1.38 bits per heavy atom. The topological polar surface area (TPSA) is 35.6 Å². The van der Waals surface area contributed by atoms with Gasteiger partial charge in [0, 0.05) is 13.6 Å². The Hall–Kier alpha value is -1.03. The summed E-state index contributed by atoms with van der Waals surface area (Å²) in [6, 6.07) is 0. The van der Waals surface area contributed by atoms with E-state index in [0.717, 1.165) is 35.6 Å².